The van der Waals surface area contributed by atoms with Gasteiger partial charge in [0, 0.05) is 6.42 Å². The summed E-state index contributed by atoms with van der Waals surface area (Å²) in [6.45, 7) is 3.86. The second-order valence-electron chi connectivity index (χ2n) is 5.08. The largest absolute Gasteiger partial charge is 0.409 e. The Hall–Kier alpha value is -0.910. The molecule has 6 heteroatoms. The Bertz CT molecular complexity index is 324. The van der Waals surface area contributed by atoms with Crippen LogP contribution in [0.3, 0.4) is 0 Å². The van der Waals surface area contributed by atoms with Crippen LogP contribution in [0.4, 0.5) is 0 Å². The minimum Gasteiger partial charge on any atom is -0.409 e. The maximum Gasteiger partial charge on any atom is 0.221 e. The van der Waals surface area contributed by atoms with Crippen LogP contribution in [0.5, 0.6) is 0 Å². The third-order valence-corrected chi connectivity index (χ3v) is 5.05. The molecule has 1 saturated heterocycles. The smallest absolute Gasteiger partial charge is 0.221 e. The number of hydrogen-bond donors (Lipinski definition) is 3. The summed E-state index contributed by atoms with van der Waals surface area (Å²) < 4.78 is 0. The number of amides is 1. The van der Waals surface area contributed by atoms with Crippen LogP contribution in [0.2, 0.25) is 0 Å². The van der Waals surface area contributed by atoms with Crippen LogP contribution in [-0.2, 0) is 4.79 Å². The summed E-state index contributed by atoms with van der Waals surface area (Å²) >= 11 is 1.95. The fraction of sp³-hybridized carbons (Fsp3) is 0.846. The molecular weight excluding hydrogens is 262 g/mol. The minimum atomic E-state index is -0.713. The summed E-state index contributed by atoms with van der Waals surface area (Å²) in [5, 5.41) is 14.9. The lowest BCUT2D eigenvalue weighted by molar-refractivity contribution is -0.123. The zero-order chi connectivity index (χ0) is 14.3. The standard InChI is InChI=1S/C13H25N3O2S/c1-3-13(4-2,12(14)16-18)15-11(17)9-10-5-7-19-8-6-10/h10,18H,3-9H2,1-2H3,(H2,14,16)(H,15,17). The average molecular weight is 287 g/mol. The van der Waals surface area contributed by atoms with Crippen molar-refractivity contribution in [3.63, 3.8) is 0 Å². The van der Waals surface area contributed by atoms with Crippen LogP contribution in [0.1, 0.15) is 46.0 Å². The van der Waals surface area contributed by atoms with Crippen LogP contribution in [0, 0.1) is 5.92 Å². The molecular formula is C13H25N3O2S. The number of nitrogens with zero attached hydrogens (tertiary/aromatic N) is 1. The highest BCUT2D eigenvalue weighted by Gasteiger charge is 2.33. The van der Waals surface area contributed by atoms with Gasteiger partial charge in [0.1, 0.15) is 5.54 Å². The van der Waals surface area contributed by atoms with Crippen molar-refractivity contribution in [1.29, 1.82) is 0 Å². The lowest BCUT2D eigenvalue weighted by atomic mass is 9.90. The van der Waals surface area contributed by atoms with E-state index in [4.69, 9.17) is 10.9 Å². The molecule has 1 fully saturated rings. The maximum atomic E-state index is 12.2. The quantitative estimate of drug-likeness (QED) is 0.301. The first-order valence-corrected chi connectivity index (χ1v) is 8.10. The van der Waals surface area contributed by atoms with Gasteiger partial charge in [0.05, 0.1) is 0 Å². The Kier molecular flexibility index (Phi) is 6.48. The molecule has 0 aliphatic carbocycles. The van der Waals surface area contributed by atoms with Crippen molar-refractivity contribution in [1.82, 2.24) is 5.32 Å². The van der Waals surface area contributed by atoms with Gasteiger partial charge < -0.3 is 16.3 Å². The van der Waals surface area contributed by atoms with Crippen LogP contribution in [0.15, 0.2) is 5.16 Å². The van der Waals surface area contributed by atoms with Crippen molar-refractivity contribution in [2.75, 3.05) is 11.5 Å². The number of thioether (sulfide) groups is 1. The molecule has 1 rings (SSSR count). The predicted molar refractivity (Wildman–Crippen MR) is 79.5 cm³/mol. The topological polar surface area (TPSA) is 87.7 Å². The maximum absolute atomic E-state index is 12.2. The van der Waals surface area contributed by atoms with E-state index in [9.17, 15) is 4.79 Å². The second-order valence-corrected chi connectivity index (χ2v) is 6.31. The van der Waals surface area contributed by atoms with Gasteiger partial charge in [0.25, 0.3) is 0 Å². The van der Waals surface area contributed by atoms with Gasteiger partial charge in [-0.1, -0.05) is 19.0 Å². The highest BCUT2D eigenvalue weighted by atomic mass is 32.2. The van der Waals surface area contributed by atoms with E-state index >= 15 is 0 Å². The molecule has 0 radical (unpaired) electrons. The molecule has 5 nitrogen and oxygen atoms in total. The van der Waals surface area contributed by atoms with Crippen molar-refractivity contribution in [2.45, 2.75) is 51.5 Å². The average Bonchev–Trinajstić information content (AvgIpc) is 2.45. The predicted octanol–water partition coefficient (Wildman–Crippen LogP) is 1.94. The first-order valence-electron chi connectivity index (χ1n) is 6.94. The van der Waals surface area contributed by atoms with Gasteiger partial charge in [-0.25, -0.2) is 0 Å². The Morgan fingerprint density at radius 1 is 1.42 bits per heavy atom. The monoisotopic (exact) mass is 287 g/mol. The number of oxime groups is 1. The second kappa shape index (κ2) is 7.62. The van der Waals surface area contributed by atoms with Crippen LogP contribution >= 0.6 is 11.8 Å². The fourth-order valence-corrected chi connectivity index (χ4v) is 3.68. The molecule has 0 bridgehead atoms. The Morgan fingerprint density at radius 2 is 2.00 bits per heavy atom. The molecule has 0 spiro atoms. The number of nitrogens with two attached hydrogens (primary N) is 1. The molecule has 1 aliphatic heterocycles. The van der Waals surface area contributed by atoms with Gasteiger partial charge >= 0.3 is 0 Å². The normalized spacial score (nSPS) is 18.3. The third kappa shape index (κ3) is 4.30. The van der Waals surface area contributed by atoms with Crippen LogP contribution < -0.4 is 11.1 Å². The molecule has 19 heavy (non-hydrogen) atoms. The summed E-state index contributed by atoms with van der Waals surface area (Å²) in [5.74, 6) is 2.85. The van der Waals surface area contributed by atoms with Crippen molar-refractivity contribution in [2.24, 2.45) is 16.8 Å². The molecule has 0 saturated carbocycles. The lowest BCUT2D eigenvalue weighted by Crippen LogP contribution is -2.57. The summed E-state index contributed by atoms with van der Waals surface area (Å²) in [7, 11) is 0. The summed E-state index contributed by atoms with van der Waals surface area (Å²) in [5.41, 5.74) is 5.02. The summed E-state index contributed by atoms with van der Waals surface area (Å²) in [4.78, 5) is 12.2. The Balaban J connectivity index is 2.60. The van der Waals surface area contributed by atoms with E-state index in [1.165, 1.54) is 0 Å². The number of rotatable bonds is 6. The molecule has 1 heterocycles. The Morgan fingerprint density at radius 3 is 2.47 bits per heavy atom. The van der Waals surface area contributed by atoms with E-state index in [0.717, 1.165) is 24.3 Å². The van der Waals surface area contributed by atoms with E-state index in [1.807, 2.05) is 25.6 Å². The highest BCUT2D eigenvalue weighted by molar-refractivity contribution is 7.99. The minimum absolute atomic E-state index is 0.00667. The molecule has 1 aliphatic rings. The van der Waals surface area contributed by atoms with Gasteiger partial charge in [-0.2, -0.15) is 11.8 Å². The SMILES string of the molecule is CCC(CC)(NC(=O)CC1CCSCC1)C(N)=NO. The molecule has 4 N–H and O–H groups in total. The summed E-state index contributed by atoms with van der Waals surface area (Å²) in [6, 6.07) is 0. The molecule has 0 aromatic heterocycles. The van der Waals surface area contributed by atoms with Gasteiger partial charge in [-0.05, 0) is 43.1 Å². The fourth-order valence-electron chi connectivity index (χ4n) is 2.48. The van der Waals surface area contributed by atoms with Crippen LogP contribution in [0.25, 0.3) is 0 Å². The molecule has 0 aromatic carbocycles. The zero-order valence-electron chi connectivity index (χ0n) is 11.8. The number of amidine groups is 1. The van der Waals surface area contributed by atoms with E-state index in [1.54, 1.807) is 0 Å². The molecule has 0 aromatic rings. The third-order valence-electron chi connectivity index (χ3n) is 4.00. The van der Waals surface area contributed by atoms with E-state index in [2.05, 4.69) is 10.5 Å². The molecule has 110 valence electrons. The first kappa shape index (κ1) is 16.1. The van der Waals surface area contributed by atoms with Crippen molar-refractivity contribution < 1.29 is 10.0 Å². The van der Waals surface area contributed by atoms with Crippen molar-refractivity contribution in [3.05, 3.63) is 0 Å². The van der Waals surface area contributed by atoms with E-state index < -0.39 is 5.54 Å². The van der Waals surface area contributed by atoms with E-state index in [-0.39, 0.29) is 11.7 Å². The van der Waals surface area contributed by atoms with E-state index in [0.29, 0.717) is 25.2 Å². The number of nitrogens with one attached hydrogen (secondary N) is 1. The lowest BCUT2D eigenvalue weighted by Gasteiger charge is -2.32. The summed E-state index contributed by atoms with van der Waals surface area (Å²) in [6.07, 6.45) is 3.98. The van der Waals surface area contributed by atoms with Gasteiger partial charge in [0.15, 0.2) is 5.84 Å². The molecule has 0 atom stereocenters. The first-order chi connectivity index (χ1) is 9.07. The zero-order valence-corrected chi connectivity index (χ0v) is 12.6. The number of carbonyl (C=O) groups is 1. The molecule has 1 amide bonds. The van der Waals surface area contributed by atoms with Crippen molar-refractivity contribution in [3.8, 4) is 0 Å². The Labute approximate surface area is 119 Å². The number of carbonyl (C=O) groups excluding carboxylic acids is 1. The van der Waals surface area contributed by atoms with Crippen molar-refractivity contribution >= 4 is 23.5 Å². The van der Waals surface area contributed by atoms with Gasteiger partial charge in [-0.3, -0.25) is 4.79 Å². The van der Waals surface area contributed by atoms with Crippen LogP contribution in [-0.4, -0.2) is 34.0 Å². The van der Waals surface area contributed by atoms with Gasteiger partial charge in [-0.15, -0.1) is 0 Å². The molecule has 0 unspecified atom stereocenters. The highest BCUT2D eigenvalue weighted by Crippen LogP contribution is 2.26. The van der Waals surface area contributed by atoms with Gasteiger partial charge in [0.2, 0.25) is 5.91 Å². The number of hydrogen-bond acceptors (Lipinski definition) is 4.